The molecule has 45 heavy (non-hydrogen) atoms. The Hall–Kier alpha value is -4.11. The standard InChI is InChI=1S/C36H41FN4O3S/c1-5-24(28-19-27(37)20-29(23(28)4)40-35(43)33-18-25-9-7-8-10-32(25)45-33)17-30(31(42)6-2)39-34-12-11-26(21-38-34)36(44)41-15-13-22(3)14-16-41/h5,11-12,17-22H,6-10,13-16H2,1-4H3,(H,38,39)(H,40,43)/b24-5+,30-17+. The fraction of sp³-hybridized carbons (Fsp3) is 0.389. The molecule has 236 valence electrons. The molecule has 0 bridgehead atoms. The Kier molecular flexibility index (Phi) is 10.3. The number of rotatable bonds is 9. The number of nitrogens with zero attached hydrogens (tertiary/aromatic N) is 2. The van der Waals surface area contributed by atoms with Gasteiger partial charge in [0.15, 0.2) is 5.78 Å². The van der Waals surface area contributed by atoms with E-state index in [-0.39, 0.29) is 24.0 Å². The first kappa shape index (κ1) is 32.3. The molecule has 1 aliphatic carbocycles. The Balaban J connectivity index is 1.36. The van der Waals surface area contributed by atoms with Gasteiger partial charge in [0.05, 0.1) is 16.1 Å². The molecule has 1 fully saturated rings. The van der Waals surface area contributed by atoms with Crippen LogP contribution in [0.2, 0.25) is 0 Å². The number of pyridine rings is 1. The number of fused-ring (bicyclic) bond motifs is 1. The van der Waals surface area contributed by atoms with Crippen LogP contribution in [0.1, 0.15) is 94.5 Å². The lowest BCUT2D eigenvalue weighted by molar-refractivity contribution is -0.115. The van der Waals surface area contributed by atoms with Crippen molar-refractivity contribution < 1.29 is 18.8 Å². The van der Waals surface area contributed by atoms with E-state index in [4.69, 9.17) is 0 Å². The molecule has 0 spiro atoms. The maximum Gasteiger partial charge on any atom is 0.265 e. The van der Waals surface area contributed by atoms with Gasteiger partial charge in [0.1, 0.15) is 11.6 Å². The van der Waals surface area contributed by atoms with Gasteiger partial charge in [-0.1, -0.05) is 19.9 Å². The quantitative estimate of drug-likeness (QED) is 0.185. The number of benzene rings is 1. The predicted octanol–water partition coefficient (Wildman–Crippen LogP) is 7.97. The Morgan fingerprint density at radius 3 is 2.51 bits per heavy atom. The third-order valence-electron chi connectivity index (χ3n) is 8.73. The highest BCUT2D eigenvalue weighted by atomic mass is 32.1. The number of likely N-dealkylation sites (tertiary alicyclic amines) is 1. The summed E-state index contributed by atoms with van der Waals surface area (Å²) in [4.78, 5) is 47.4. The Labute approximate surface area is 268 Å². The maximum atomic E-state index is 15.0. The Morgan fingerprint density at radius 2 is 1.84 bits per heavy atom. The van der Waals surface area contributed by atoms with Crippen LogP contribution in [0.3, 0.4) is 0 Å². The lowest BCUT2D eigenvalue weighted by Crippen LogP contribution is -2.37. The summed E-state index contributed by atoms with van der Waals surface area (Å²) >= 11 is 1.51. The second-order valence-electron chi connectivity index (χ2n) is 12.0. The van der Waals surface area contributed by atoms with E-state index in [1.54, 1.807) is 31.2 Å². The van der Waals surface area contributed by atoms with Gasteiger partial charge in [0.25, 0.3) is 11.8 Å². The number of halogens is 1. The number of thiophene rings is 1. The molecule has 9 heteroatoms. The van der Waals surface area contributed by atoms with Crippen LogP contribution in [0, 0.1) is 18.7 Å². The van der Waals surface area contributed by atoms with Crippen LogP contribution in [-0.2, 0) is 17.6 Å². The molecule has 3 aromatic rings. The summed E-state index contributed by atoms with van der Waals surface area (Å²) in [6.07, 6.45) is 11.5. The minimum Gasteiger partial charge on any atom is -0.339 e. The molecule has 0 saturated carbocycles. The van der Waals surface area contributed by atoms with E-state index in [1.807, 2.05) is 24.8 Å². The number of Topliss-reactive ketones (excluding diaryl/α,β-unsaturated/α-hetero) is 1. The molecule has 1 aliphatic heterocycles. The van der Waals surface area contributed by atoms with Crippen molar-refractivity contribution in [1.29, 1.82) is 0 Å². The van der Waals surface area contributed by atoms with Crippen molar-refractivity contribution in [2.75, 3.05) is 23.7 Å². The number of aromatic nitrogens is 1. The van der Waals surface area contributed by atoms with Crippen LogP contribution in [0.25, 0.3) is 5.57 Å². The fourth-order valence-electron chi connectivity index (χ4n) is 5.87. The molecular weight excluding hydrogens is 587 g/mol. The second kappa shape index (κ2) is 14.3. The molecule has 0 radical (unpaired) electrons. The van der Waals surface area contributed by atoms with Crippen molar-refractivity contribution in [1.82, 2.24) is 9.88 Å². The molecule has 2 aliphatic rings. The minimum atomic E-state index is -0.495. The van der Waals surface area contributed by atoms with E-state index in [9.17, 15) is 18.8 Å². The summed E-state index contributed by atoms with van der Waals surface area (Å²) < 4.78 is 15.0. The largest absolute Gasteiger partial charge is 0.339 e. The molecule has 2 N–H and O–H groups in total. The van der Waals surface area contributed by atoms with E-state index in [2.05, 4.69) is 22.5 Å². The van der Waals surface area contributed by atoms with E-state index >= 15 is 0 Å². The first-order valence-electron chi connectivity index (χ1n) is 15.8. The third-order valence-corrected chi connectivity index (χ3v) is 9.96. The number of ketones is 1. The van der Waals surface area contributed by atoms with E-state index in [0.717, 1.165) is 51.6 Å². The van der Waals surface area contributed by atoms with Crippen LogP contribution in [0.15, 0.2) is 54.4 Å². The highest BCUT2D eigenvalue weighted by Crippen LogP contribution is 2.32. The van der Waals surface area contributed by atoms with Crippen LogP contribution in [-0.4, -0.2) is 40.6 Å². The van der Waals surface area contributed by atoms with Crippen molar-refractivity contribution in [3.8, 4) is 0 Å². The minimum absolute atomic E-state index is 0.0410. The number of allylic oxidation sites excluding steroid dienone is 4. The zero-order chi connectivity index (χ0) is 32.1. The number of aryl methyl sites for hydroxylation is 2. The summed E-state index contributed by atoms with van der Waals surface area (Å²) in [6, 6.07) is 8.11. The van der Waals surface area contributed by atoms with Gasteiger partial charge in [0.2, 0.25) is 0 Å². The highest BCUT2D eigenvalue weighted by molar-refractivity contribution is 7.14. The zero-order valence-corrected chi connectivity index (χ0v) is 27.3. The van der Waals surface area contributed by atoms with Gasteiger partial charge in [-0.2, -0.15) is 0 Å². The summed E-state index contributed by atoms with van der Waals surface area (Å²) in [5.41, 5.74) is 4.28. The number of nitrogens with one attached hydrogen (secondary N) is 2. The van der Waals surface area contributed by atoms with Gasteiger partial charge >= 0.3 is 0 Å². The first-order chi connectivity index (χ1) is 21.7. The van der Waals surface area contributed by atoms with E-state index in [1.165, 1.54) is 40.1 Å². The molecule has 0 unspecified atom stereocenters. The second-order valence-corrected chi connectivity index (χ2v) is 13.1. The number of hydrogen-bond acceptors (Lipinski definition) is 6. The molecule has 5 rings (SSSR count). The van der Waals surface area contributed by atoms with Gasteiger partial charge in [-0.05, 0) is 117 Å². The molecule has 1 saturated heterocycles. The van der Waals surface area contributed by atoms with Gasteiger partial charge in [-0.3, -0.25) is 14.4 Å². The van der Waals surface area contributed by atoms with Gasteiger partial charge < -0.3 is 15.5 Å². The van der Waals surface area contributed by atoms with Gasteiger partial charge in [-0.15, -0.1) is 11.3 Å². The summed E-state index contributed by atoms with van der Waals surface area (Å²) in [5.74, 6) is 0.108. The van der Waals surface area contributed by atoms with Gasteiger partial charge in [0, 0.05) is 36.3 Å². The van der Waals surface area contributed by atoms with Crippen LogP contribution < -0.4 is 10.6 Å². The molecule has 0 atom stereocenters. The Bertz CT molecular complexity index is 1630. The van der Waals surface area contributed by atoms with Crippen LogP contribution >= 0.6 is 11.3 Å². The number of carbonyl (C=O) groups is 3. The van der Waals surface area contributed by atoms with E-state index < -0.39 is 5.82 Å². The number of anilines is 2. The number of carbonyl (C=O) groups excluding carboxylic acids is 3. The number of hydrogen-bond donors (Lipinski definition) is 2. The molecule has 1 aromatic carbocycles. The molecule has 3 heterocycles. The Morgan fingerprint density at radius 1 is 1.09 bits per heavy atom. The number of amides is 2. The van der Waals surface area contributed by atoms with Crippen molar-refractivity contribution in [3.63, 3.8) is 0 Å². The van der Waals surface area contributed by atoms with Crippen molar-refractivity contribution >= 4 is 46.0 Å². The lowest BCUT2D eigenvalue weighted by Gasteiger charge is -2.30. The zero-order valence-electron chi connectivity index (χ0n) is 26.5. The lowest BCUT2D eigenvalue weighted by atomic mass is 9.96. The van der Waals surface area contributed by atoms with Crippen LogP contribution in [0.4, 0.5) is 15.9 Å². The first-order valence-corrected chi connectivity index (χ1v) is 16.7. The summed E-state index contributed by atoms with van der Waals surface area (Å²) in [7, 11) is 0. The van der Waals surface area contributed by atoms with Crippen molar-refractivity contribution in [2.45, 2.75) is 72.6 Å². The third kappa shape index (κ3) is 7.59. The molecular formula is C36H41FN4O3S. The topological polar surface area (TPSA) is 91.4 Å². The van der Waals surface area contributed by atoms with E-state index in [0.29, 0.717) is 50.3 Å². The average Bonchev–Trinajstić information content (AvgIpc) is 3.49. The fourth-order valence-corrected chi connectivity index (χ4v) is 7.02. The SMILES string of the molecule is C/C=C(\C=C(\Nc1ccc(C(=O)N2CCC(C)CC2)cn1)C(=O)CC)c1cc(F)cc(NC(=O)c2cc3c(s2)CCCC3)c1C. The summed E-state index contributed by atoms with van der Waals surface area (Å²) in [6.45, 7) is 9.10. The normalized spacial score (nSPS) is 15.9. The van der Waals surface area contributed by atoms with Crippen molar-refractivity contribution in [2.24, 2.45) is 5.92 Å². The monoisotopic (exact) mass is 628 g/mol. The maximum absolute atomic E-state index is 15.0. The highest BCUT2D eigenvalue weighted by Gasteiger charge is 2.22. The van der Waals surface area contributed by atoms with Gasteiger partial charge in [-0.25, -0.2) is 9.37 Å². The average molecular weight is 629 g/mol. The molecule has 2 amide bonds. The smallest absolute Gasteiger partial charge is 0.265 e. The molecule has 2 aromatic heterocycles. The van der Waals surface area contributed by atoms with Crippen molar-refractivity contribution in [3.05, 3.63) is 92.2 Å². The van der Waals surface area contributed by atoms with Crippen LogP contribution in [0.5, 0.6) is 0 Å². The predicted molar refractivity (Wildman–Crippen MR) is 179 cm³/mol. The molecule has 7 nitrogen and oxygen atoms in total. The number of piperidine rings is 1. The summed E-state index contributed by atoms with van der Waals surface area (Å²) in [5, 5.41) is 6.04.